The molecule has 2 N–H and O–H groups in total. The highest BCUT2D eigenvalue weighted by atomic mass is 35.5. The zero-order chi connectivity index (χ0) is 18.1. The predicted octanol–water partition coefficient (Wildman–Crippen LogP) is 3.23. The molecule has 0 spiro atoms. The molecule has 0 aromatic heterocycles. The lowest BCUT2D eigenvalue weighted by Gasteiger charge is -2.25. The molecule has 1 aromatic carbocycles. The summed E-state index contributed by atoms with van der Waals surface area (Å²) in [6.45, 7) is 1.26. The van der Waals surface area contributed by atoms with Gasteiger partial charge in [-0.3, -0.25) is 14.5 Å². The minimum Gasteiger partial charge on any atom is -0.480 e. The van der Waals surface area contributed by atoms with Crippen LogP contribution in [0.4, 0.5) is 18.9 Å². The van der Waals surface area contributed by atoms with E-state index in [1.807, 2.05) is 0 Å². The SMILES string of the molecule is CC(C(=O)O)N(CC(=O)Nc1ccc(Cl)c(C(F)(F)F)c1)C1CC1. The number of nitrogens with zero attached hydrogens (tertiary/aromatic N) is 1. The van der Waals surface area contributed by atoms with Gasteiger partial charge in [0.25, 0.3) is 0 Å². The van der Waals surface area contributed by atoms with Gasteiger partial charge in [0.15, 0.2) is 0 Å². The summed E-state index contributed by atoms with van der Waals surface area (Å²) in [7, 11) is 0. The molecule has 0 heterocycles. The number of amides is 1. The Kier molecular flexibility index (Phi) is 5.39. The van der Waals surface area contributed by atoms with E-state index in [4.69, 9.17) is 16.7 Å². The van der Waals surface area contributed by atoms with Crippen LogP contribution in [0.15, 0.2) is 18.2 Å². The summed E-state index contributed by atoms with van der Waals surface area (Å²) in [6.07, 6.45) is -3.04. The molecule has 24 heavy (non-hydrogen) atoms. The van der Waals surface area contributed by atoms with Gasteiger partial charge in [-0.25, -0.2) is 0 Å². The van der Waals surface area contributed by atoms with Crippen LogP contribution < -0.4 is 5.32 Å². The van der Waals surface area contributed by atoms with Crippen molar-refractivity contribution >= 4 is 29.2 Å². The molecule has 0 radical (unpaired) electrons. The Morgan fingerprint density at radius 3 is 2.54 bits per heavy atom. The summed E-state index contributed by atoms with van der Waals surface area (Å²) < 4.78 is 38.4. The number of halogens is 4. The van der Waals surface area contributed by atoms with Crippen molar-refractivity contribution in [2.45, 2.75) is 38.0 Å². The molecule has 0 aliphatic heterocycles. The number of benzene rings is 1. The van der Waals surface area contributed by atoms with Crippen LogP contribution in [0.2, 0.25) is 5.02 Å². The smallest absolute Gasteiger partial charge is 0.417 e. The zero-order valence-electron chi connectivity index (χ0n) is 12.7. The second kappa shape index (κ2) is 6.98. The van der Waals surface area contributed by atoms with Gasteiger partial charge in [-0.05, 0) is 38.0 Å². The number of carbonyl (C=O) groups is 2. The minimum absolute atomic E-state index is 0.0119. The standard InChI is InChI=1S/C15H16ClF3N2O3/c1-8(14(23)24)21(10-3-4-10)7-13(22)20-9-2-5-12(16)11(6-9)15(17,18)19/h2,5-6,8,10H,3-4,7H2,1H3,(H,20,22)(H,23,24). The number of carboxylic acid groups (broad SMARTS) is 1. The van der Waals surface area contributed by atoms with E-state index >= 15 is 0 Å². The monoisotopic (exact) mass is 364 g/mol. The van der Waals surface area contributed by atoms with Gasteiger partial charge in [-0.1, -0.05) is 11.6 Å². The third-order valence-corrected chi connectivity index (χ3v) is 4.08. The van der Waals surface area contributed by atoms with Crippen LogP contribution >= 0.6 is 11.6 Å². The molecule has 1 aromatic rings. The highest BCUT2D eigenvalue weighted by Gasteiger charge is 2.36. The average Bonchev–Trinajstić information content (AvgIpc) is 3.29. The zero-order valence-corrected chi connectivity index (χ0v) is 13.5. The van der Waals surface area contributed by atoms with Crippen LogP contribution in [0.1, 0.15) is 25.3 Å². The highest BCUT2D eigenvalue weighted by molar-refractivity contribution is 6.31. The van der Waals surface area contributed by atoms with E-state index in [2.05, 4.69) is 5.32 Å². The number of carboxylic acids is 1. The van der Waals surface area contributed by atoms with Gasteiger partial charge >= 0.3 is 12.1 Å². The first-order valence-corrected chi connectivity index (χ1v) is 7.62. The van der Waals surface area contributed by atoms with Crippen LogP contribution in [0.25, 0.3) is 0 Å². The predicted molar refractivity (Wildman–Crippen MR) is 81.9 cm³/mol. The third kappa shape index (κ3) is 4.61. The van der Waals surface area contributed by atoms with Crippen LogP contribution in [0.3, 0.4) is 0 Å². The molecule has 1 aliphatic rings. The van der Waals surface area contributed by atoms with Crippen molar-refractivity contribution in [1.82, 2.24) is 4.90 Å². The largest absolute Gasteiger partial charge is 0.480 e. The fourth-order valence-corrected chi connectivity index (χ4v) is 2.54. The fraction of sp³-hybridized carbons (Fsp3) is 0.467. The summed E-state index contributed by atoms with van der Waals surface area (Å²) in [5, 5.41) is 11.0. The van der Waals surface area contributed by atoms with E-state index in [1.54, 1.807) is 0 Å². The molecule has 5 nitrogen and oxygen atoms in total. The second-order valence-corrected chi connectivity index (χ2v) is 6.07. The van der Waals surface area contributed by atoms with Gasteiger partial charge in [-0.15, -0.1) is 0 Å². The first-order valence-electron chi connectivity index (χ1n) is 7.24. The van der Waals surface area contributed by atoms with Crippen molar-refractivity contribution in [3.8, 4) is 0 Å². The van der Waals surface area contributed by atoms with Crippen molar-refractivity contribution in [2.24, 2.45) is 0 Å². The Morgan fingerprint density at radius 2 is 2.04 bits per heavy atom. The molecule has 0 bridgehead atoms. The van der Waals surface area contributed by atoms with Crippen LogP contribution in [-0.4, -0.2) is 40.5 Å². The van der Waals surface area contributed by atoms with Gasteiger partial charge in [0.2, 0.25) is 5.91 Å². The number of aliphatic carboxylic acids is 1. The summed E-state index contributed by atoms with van der Waals surface area (Å²) in [5.74, 6) is -1.63. The van der Waals surface area contributed by atoms with Crippen molar-refractivity contribution < 1.29 is 27.9 Å². The van der Waals surface area contributed by atoms with Gasteiger partial charge in [0, 0.05) is 11.7 Å². The van der Waals surface area contributed by atoms with E-state index < -0.39 is 34.7 Å². The highest BCUT2D eigenvalue weighted by Crippen LogP contribution is 2.36. The molecule has 1 atom stereocenters. The number of hydrogen-bond acceptors (Lipinski definition) is 3. The Morgan fingerprint density at radius 1 is 1.42 bits per heavy atom. The molecule has 1 aliphatic carbocycles. The van der Waals surface area contributed by atoms with Crippen LogP contribution in [0, 0.1) is 0 Å². The maximum absolute atomic E-state index is 12.8. The molecule has 1 amide bonds. The molecule has 2 rings (SSSR count). The lowest BCUT2D eigenvalue weighted by Crippen LogP contribution is -2.44. The molecular formula is C15H16ClF3N2O3. The summed E-state index contributed by atoms with van der Waals surface area (Å²) in [4.78, 5) is 24.7. The summed E-state index contributed by atoms with van der Waals surface area (Å²) in [5.41, 5.74) is -1.09. The Labute approximate surface area is 141 Å². The number of hydrogen-bond donors (Lipinski definition) is 2. The molecule has 0 saturated heterocycles. The summed E-state index contributed by atoms with van der Waals surface area (Å²) >= 11 is 5.52. The Hall–Kier alpha value is -1.80. The minimum atomic E-state index is -4.63. The van der Waals surface area contributed by atoms with Crippen LogP contribution in [-0.2, 0) is 15.8 Å². The fourth-order valence-electron chi connectivity index (χ4n) is 2.32. The number of carbonyl (C=O) groups excluding carboxylic acids is 1. The van der Waals surface area contributed by atoms with Crippen molar-refractivity contribution in [2.75, 3.05) is 11.9 Å². The second-order valence-electron chi connectivity index (χ2n) is 5.66. The molecule has 1 fully saturated rings. The maximum atomic E-state index is 12.8. The van der Waals surface area contributed by atoms with Crippen molar-refractivity contribution in [3.63, 3.8) is 0 Å². The molecule has 1 unspecified atom stereocenters. The quantitative estimate of drug-likeness (QED) is 0.813. The molecule has 1 saturated carbocycles. The number of alkyl halides is 3. The lowest BCUT2D eigenvalue weighted by molar-refractivity contribution is -0.143. The van der Waals surface area contributed by atoms with Gasteiger partial charge in [-0.2, -0.15) is 13.2 Å². The van der Waals surface area contributed by atoms with Gasteiger partial charge in [0.05, 0.1) is 17.1 Å². The molecule has 132 valence electrons. The molecule has 9 heteroatoms. The van der Waals surface area contributed by atoms with Crippen molar-refractivity contribution in [3.05, 3.63) is 28.8 Å². The first kappa shape index (κ1) is 18.5. The van der Waals surface area contributed by atoms with Crippen LogP contribution in [0.5, 0.6) is 0 Å². The topological polar surface area (TPSA) is 69.6 Å². The Balaban J connectivity index is 2.08. The number of anilines is 1. The van der Waals surface area contributed by atoms with E-state index in [-0.39, 0.29) is 18.3 Å². The lowest BCUT2D eigenvalue weighted by atomic mass is 10.2. The average molecular weight is 365 g/mol. The van der Waals surface area contributed by atoms with Gasteiger partial charge in [0.1, 0.15) is 6.04 Å². The number of rotatable bonds is 6. The normalized spacial score (nSPS) is 16.1. The molecular weight excluding hydrogens is 349 g/mol. The third-order valence-electron chi connectivity index (χ3n) is 3.75. The van der Waals surface area contributed by atoms with E-state index in [9.17, 15) is 22.8 Å². The van der Waals surface area contributed by atoms with Gasteiger partial charge < -0.3 is 10.4 Å². The first-order chi connectivity index (χ1) is 11.1. The van der Waals surface area contributed by atoms with Crippen molar-refractivity contribution in [1.29, 1.82) is 0 Å². The maximum Gasteiger partial charge on any atom is 0.417 e. The number of nitrogens with one attached hydrogen (secondary N) is 1. The Bertz CT molecular complexity index is 647. The summed E-state index contributed by atoms with van der Waals surface area (Å²) in [6, 6.07) is 2.23. The van der Waals surface area contributed by atoms with E-state index in [0.29, 0.717) is 0 Å². The van der Waals surface area contributed by atoms with E-state index in [1.165, 1.54) is 17.9 Å². The van der Waals surface area contributed by atoms with E-state index in [0.717, 1.165) is 25.0 Å².